The van der Waals surface area contributed by atoms with Gasteiger partial charge in [-0.15, -0.1) is 0 Å². The van der Waals surface area contributed by atoms with E-state index in [0.29, 0.717) is 0 Å². The standard InChI is InChI=1S/C16H29NOSi/c1-18-14-16-6-5-9-17(16)15-7-12-19(13-8-15)10-3-2-4-11-19/h6,15H,2-5,7-14H2,1H3. The van der Waals surface area contributed by atoms with Crippen molar-refractivity contribution in [3.8, 4) is 0 Å². The molecule has 2 nitrogen and oxygen atoms in total. The highest BCUT2D eigenvalue weighted by Gasteiger charge is 2.39. The Labute approximate surface area is 119 Å². The van der Waals surface area contributed by atoms with Crippen molar-refractivity contribution in [3.63, 3.8) is 0 Å². The average Bonchev–Trinajstić information content (AvgIpc) is 2.89. The second kappa shape index (κ2) is 6.00. The van der Waals surface area contributed by atoms with Crippen molar-refractivity contribution in [2.45, 2.75) is 68.7 Å². The molecule has 0 N–H and O–H groups in total. The SMILES string of the molecule is COCC1=CCCN1C1CC[Si]2(CCCCC2)CC1. The van der Waals surface area contributed by atoms with Crippen LogP contribution in [0.15, 0.2) is 11.8 Å². The van der Waals surface area contributed by atoms with Gasteiger partial charge in [0.1, 0.15) is 0 Å². The second-order valence-electron chi connectivity index (χ2n) is 6.90. The van der Waals surface area contributed by atoms with Crippen LogP contribution in [0.1, 0.15) is 38.5 Å². The molecule has 0 aromatic heterocycles. The van der Waals surface area contributed by atoms with Crippen molar-refractivity contribution in [2.75, 3.05) is 20.3 Å². The van der Waals surface area contributed by atoms with Crippen LogP contribution >= 0.6 is 0 Å². The molecule has 0 atom stereocenters. The van der Waals surface area contributed by atoms with E-state index in [1.807, 2.05) is 7.11 Å². The van der Waals surface area contributed by atoms with Gasteiger partial charge in [0.15, 0.2) is 0 Å². The molecule has 0 unspecified atom stereocenters. The minimum atomic E-state index is -0.780. The Kier molecular flexibility index (Phi) is 4.33. The zero-order valence-corrected chi connectivity index (χ0v) is 13.5. The van der Waals surface area contributed by atoms with Gasteiger partial charge in [-0.2, -0.15) is 0 Å². The zero-order chi connectivity index (χ0) is 13.1. The number of methoxy groups -OCH3 is 1. The number of hydrogen-bond donors (Lipinski definition) is 0. The summed E-state index contributed by atoms with van der Waals surface area (Å²) in [6.07, 6.45) is 11.2. The molecule has 108 valence electrons. The lowest BCUT2D eigenvalue weighted by Gasteiger charge is -2.44. The minimum absolute atomic E-state index is 0.780. The summed E-state index contributed by atoms with van der Waals surface area (Å²) in [6, 6.07) is 7.38. The summed E-state index contributed by atoms with van der Waals surface area (Å²) >= 11 is 0. The predicted molar refractivity (Wildman–Crippen MR) is 83.1 cm³/mol. The lowest BCUT2D eigenvalue weighted by Crippen LogP contribution is -2.45. The maximum atomic E-state index is 5.36. The Morgan fingerprint density at radius 2 is 1.89 bits per heavy atom. The summed E-state index contributed by atoms with van der Waals surface area (Å²) in [5.41, 5.74) is 1.47. The van der Waals surface area contributed by atoms with Gasteiger partial charge in [0.2, 0.25) is 0 Å². The van der Waals surface area contributed by atoms with Gasteiger partial charge in [0.05, 0.1) is 14.7 Å². The number of nitrogens with zero attached hydrogens (tertiary/aromatic N) is 1. The Bertz CT molecular complexity index is 326. The van der Waals surface area contributed by atoms with Crippen molar-refractivity contribution >= 4 is 8.07 Å². The van der Waals surface area contributed by atoms with E-state index >= 15 is 0 Å². The van der Waals surface area contributed by atoms with Crippen molar-refractivity contribution < 1.29 is 4.74 Å². The summed E-state index contributed by atoms with van der Waals surface area (Å²) in [5.74, 6) is 0. The molecule has 0 aromatic rings. The monoisotopic (exact) mass is 279 g/mol. The first-order valence-electron chi connectivity index (χ1n) is 8.28. The van der Waals surface area contributed by atoms with Crippen LogP contribution in [0.25, 0.3) is 0 Å². The quantitative estimate of drug-likeness (QED) is 0.724. The molecule has 0 aromatic carbocycles. The Hall–Kier alpha value is -0.283. The van der Waals surface area contributed by atoms with Crippen molar-refractivity contribution in [1.29, 1.82) is 0 Å². The number of rotatable bonds is 3. The molecular weight excluding hydrogens is 250 g/mol. The van der Waals surface area contributed by atoms with Gasteiger partial charge in [-0.05, 0) is 19.3 Å². The number of ether oxygens (including phenoxy) is 1. The van der Waals surface area contributed by atoms with E-state index in [2.05, 4.69) is 11.0 Å². The van der Waals surface area contributed by atoms with Crippen LogP contribution in [0.4, 0.5) is 0 Å². The fraction of sp³-hybridized carbons (Fsp3) is 0.875. The molecule has 3 rings (SSSR count). The van der Waals surface area contributed by atoms with E-state index < -0.39 is 8.07 Å². The summed E-state index contributed by atoms with van der Waals surface area (Å²) in [6.45, 7) is 2.07. The van der Waals surface area contributed by atoms with Crippen LogP contribution in [0.3, 0.4) is 0 Å². The van der Waals surface area contributed by atoms with Gasteiger partial charge < -0.3 is 9.64 Å². The third-order valence-corrected chi connectivity index (χ3v) is 11.3. The molecule has 3 aliphatic rings. The molecule has 0 amide bonds. The average molecular weight is 280 g/mol. The molecule has 0 radical (unpaired) electrons. The molecule has 19 heavy (non-hydrogen) atoms. The summed E-state index contributed by atoms with van der Waals surface area (Å²) in [5, 5.41) is 0. The highest BCUT2D eigenvalue weighted by atomic mass is 28.3. The van der Waals surface area contributed by atoms with E-state index in [4.69, 9.17) is 4.74 Å². The van der Waals surface area contributed by atoms with Gasteiger partial charge in [0.25, 0.3) is 0 Å². The van der Waals surface area contributed by atoms with E-state index in [-0.39, 0.29) is 0 Å². The molecule has 3 aliphatic heterocycles. The Balaban J connectivity index is 1.56. The van der Waals surface area contributed by atoms with Crippen molar-refractivity contribution in [3.05, 3.63) is 11.8 Å². The van der Waals surface area contributed by atoms with Crippen LogP contribution in [0.2, 0.25) is 24.2 Å². The van der Waals surface area contributed by atoms with Crippen LogP contribution in [0, 0.1) is 0 Å². The smallest absolute Gasteiger partial charge is 0.0857 e. The maximum absolute atomic E-state index is 5.36. The first-order chi connectivity index (χ1) is 9.33. The highest BCUT2D eigenvalue weighted by molar-refractivity contribution is 6.80. The van der Waals surface area contributed by atoms with Crippen molar-refractivity contribution in [2.24, 2.45) is 0 Å². The topological polar surface area (TPSA) is 12.5 Å². The fourth-order valence-corrected chi connectivity index (χ4v) is 10.1. The Morgan fingerprint density at radius 3 is 2.58 bits per heavy atom. The van der Waals surface area contributed by atoms with E-state index in [1.54, 1.807) is 37.0 Å². The fourth-order valence-electron chi connectivity index (χ4n) is 4.67. The second-order valence-corrected chi connectivity index (χ2v) is 11.9. The third kappa shape index (κ3) is 2.92. The number of hydrogen-bond acceptors (Lipinski definition) is 2. The van der Waals surface area contributed by atoms with Gasteiger partial charge in [0, 0.05) is 25.4 Å². The largest absolute Gasteiger partial charge is 0.379 e. The lowest BCUT2D eigenvalue weighted by atomic mass is 10.1. The van der Waals surface area contributed by atoms with E-state index in [0.717, 1.165) is 12.6 Å². The van der Waals surface area contributed by atoms with E-state index in [9.17, 15) is 0 Å². The molecule has 3 heteroatoms. The molecule has 0 bridgehead atoms. The Morgan fingerprint density at radius 1 is 1.16 bits per heavy atom. The first-order valence-corrected chi connectivity index (χ1v) is 11.1. The lowest BCUT2D eigenvalue weighted by molar-refractivity contribution is 0.169. The molecule has 2 saturated heterocycles. The van der Waals surface area contributed by atoms with E-state index in [1.165, 1.54) is 37.9 Å². The summed E-state index contributed by atoms with van der Waals surface area (Å²) < 4.78 is 5.36. The van der Waals surface area contributed by atoms with Gasteiger partial charge >= 0.3 is 0 Å². The third-order valence-electron chi connectivity index (χ3n) is 5.78. The molecule has 0 saturated carbocycles. The maximum Gasteiger partial charge on any atom is 0.0857 e. The van der Waals surface area contributed by atoms with Crippen LogP contribution in [0.5, 0.6) is 0 Å². The summed E-state index contributed by atoms with van der Waals surface area (Å²) in [7, 11) is 1.04. The summed E-state index contributed by atoms with van der Waals surface area (Å²) in [4.78, 5) is 2.67. The molecule has 0 aliphatic carbocycles. The van der Waals surface area contributed by atoms with Gasteiger partial charge in [-0.1, -0.05) is 49.5 Å². The van der Waals surface area contributed by atoms with Crippen LogP contribution in [-0.4, -0.2) is 39.3 Å². The zero-order valence-electron chi connectivity index (χ0n) is 12.5. The first kappa shape index (κ1) is 13.7. The van der Waals surface area contributed by atoms with Crippen LogP contribution in [-0.2, 0) is 4.74 Å². The highest BCUT2D eigenvalue weighted by Crippen LogP contribution is 2.42. The van der Waals surface area contributed by atoms with Gasteiger partial charge in [-0.3, -0.25) is 0 Å². The van der Waals surface area contributed by atoms with Gasteiger partial charge in [-0.25, -0.2) is 0 Å². The molecule has 3 heterocycles. The molecular formula is C16H29NOSi. The normalized spacial score (nSPS) is 27.8. The van der Waals surface area contributed by atoms with Crippen molar-refractivity contribution in [1.82, 2.24) is 4.90 Å². The minimum Gasteiger partial charge on any atom is -0.379 e. The van der Waals surface area contributed by atoms with Crippen LogP contribution < -0.4 is 0 Å². The predicted octanol–water partition coefficient (Wildman–Crippen LogP) is 4.02. The molecule has 1 spiro atoms. The molecule has 2 fully saturated rings.